The third-order valence-electron chi connectivity index (χ3n) is 9.20. The van der Waals surface area contributed by atoms with Gasteiger partial charge in [-0.1, -0.05) is 198 Å². The fourth-order valence-corrected chi connectivity index (χ4v) is 5.66. The normalized spacial score (nSPS) is 13.5. The predicted molar refractivity (Wildman–Crippen MR) is 269 cm³/mol. The molecule has 0 aliphatic carbocycles. The molecule has 0 fully saturated rings. The van der Waals surface area contributed by atoms with Gasteiger partial charge in [-0.3, -0.25) is 14.4 Å². The Labute approximate surface area is 384 Å². The van der Waals surface area contributed by atoms with Crippen LogP contribution in [-0.2, 0) is 28.6 Å². The van der Waals surface area contributed by atoms with Gasteiger partial charge in [0, 0.05) is 19.3 Å². The van der Waals surface area contributed by atoms with Gasteiger partial charge in [0.2, 0.25) is 0 Å². The zero-order valence-electron chi connectivity index (χ0n) is 39.5. The van der Waals surface area contributed by atoms with Gasteiger partial charge in [-0.25, -0.2) is 0 Å². The van der Waals surface area contributed by atoms with Crippen molar-refractivity contribution in [2.75, 3.05) is 13.2 Å². The Kier molecular flexibility index (Phi) is 45.8. The van der Waals surface area contributed by atoms with Crippen LogP contribution in [-0.4, -0.2) is 37.2 Å². The smallest absolute Gasteiger partial charge is 0.306 e. The van der Waals surface area contributed by atoms with Crippen LogP contribution in [0.4, 0.5) is 0 Å². The molecule has 0 N–H and O–H groups in total. The maximum atomic E-state index is 12.7. The molecule has 6 nitrogen and oxygen atoms in total. The summed E-state index contributed by atoms with van der Waals surface area (Å²) < 4.78 is 16.6. The van der Waals surface area contributed by atoms with Crippen LogP contribution in [0, 0.1) is 0 Å². The first-order valence-corrected chi connectivity index (χ1v) is 24.1. The summed E-state index contributed by atoms with van der Waals surface area (Å²) in [4.78, 5) is 37.9. The van der Waals surface area contributed by atoms with Crippen molar-refractivity contribution >= 4 is 17.9 Å². The molecule has 0 aromatic rings. The number of unbranched alkanes of at least 4 members (excludes halogenated alkanes) is 9. The molecule has 0 aliphatic rings. The molecule has 0 aliphatic heterocycles. The number of esters is 3. The van der Waals surface area contributed by atoms with Gasteiger partial charge in [0.1, 0.15) is 13.2 Å². The minimum Gasteiger partial charge on any atom is -0.462 e. The van der Waals surface area contributed by atoms with Gasteiger partial charge in [0.15, 0.2) is 6.10 Å². The van der Waals surface area contributed by atoms with Gasteiger partial charge < -0.3 is 14.2 Å². The molecule has 0 rings (SSSR count). The summed E-state index contributed by atoms with van der Waals surface area (Å²) in [6.07, 6.45) is 72.3. The van der Waals surface area contributed by atoms with E-state index in [1.54, 1.807) is 0 Å². The van der Waals surface area contributed by atoms with Gasteiger partial charge in [0.05, 0.1) is 0 Å². The van der Waals surface area contributed by atoms with Crippen LogP contribution in [0.15, 0.2) is 158 Å². The van der Waals surface area contributed by atoms with E-state index in [1.807, 2.05) is 72.9 Å². The van der Waals surface area contributed by atoms with E-state index >= 15 is 0 Å². The van der Waals surface area contributed by atoms with Crippen molar-refractivity contribution in [2.45, 2.75) is 168 Å². The monoisotopic (exact) mass is 865 g/mol. The summed E-state index contributed by atoms with van der Waals surface area (Å²) in [6, 6.07) is 0. The van der Waals surface area contributed by atoms with Crippen molar-refractivity contribution in [3.8, 4) is 0 Å². The van der Waals surface area contributed by atoms with Gasteiger partial charge in [-0.2, -0.15) is 0 Å². The zero-order chi connectivity index (χ0) is 45.8. The van der Waals surface area contributed by atoms with Crippen molar-refractivity contribution < 1.29 is 28.6 Å². The molecular formula is C57H84O6. The fraction of sp³-hybridized carbons (Fsp3) is 0.491. The van der Waals surface area contributed by atoms with E-state index in [9.17, 15) is 14.4 Å². The van der Waals surface area contributed by atoms with Crippen LogP contribution in [0.2, 0.25) is 0 Å². The minimum absolute atomic E-state index is 0.133. The number of hydrogen-bond acceptors (Lipinski definition) is 6. The summed E-state index contributed by atoms with van der Waals surface area (Å²) in [5, 5.41) is 0. The number of carbonyl (C=O) groups is 3. The van der Waals surface area contributed by atoms with Crippen molar-refractivity contribution in [3.63, 3.8) is 0 Å². The Balaban J connectivity index is 4.59. The molecule has 63 heavy (non-hydrogen) atoms. The molecule has 0 aromatic heterocycles. The highest BCUT2D eigenvalue weighted by Crippen LogP contribution is 2.11. The zero-order valence-corrected chi connectivity index (χ0v) is 39.5. The molecule has 0 radical (unpaired) electrons. The van der Waals surface area contributed by atoms with Crippen LogP contribution in [0.3, 0.4) is 0 Å². The third kappa shape index (κ3) is 47.9. The second-order valence-electron chi connectivity index (χ2n) is 15.1. The lowest BCUT2D eigenvalue weighted by atomic mass is 10.1. The van der Waals surface area contributed by atoms with Crippen molar-refractivity contribution in [2.24, 2.45) is 0 Å². The number of carbonyl (C=O) groups excluding carboxylic acids is 3. The molecule has 0 heterocycles. The van der Waals surface area contributed by atoms with Crippen molar-refractivity contribution in [1.29, 1.82) is 0 Å². The maximum Gasteiger partial charge on any atom is 0.306 e. The van der Waals surface area contributed by atoms with E-state index in [0.717, 1.165) is 109 Å². The van der Waals surface area contributed by atoms with Gasteiger partial charge >= 0.3 is 17.9 Å². The van der Waals surface area contributed by atoms with Crippen LogP contribution < -0.4 is 0 Å². The van der Waals surface area contributed by atoms with Crippen LogP contribution in [0.1, 0.15) is 162 Å². The molecule has 1 unspecified atom stereocenters. The molecule has 0 amide bonds. The molecule has 1 atom stereocenters. The first-order valence-electron chi connectivity index (χ1n) is 24.1. The second-order valence-corrected chi connectivity index (χ2v) is 15.1. The highest BCUT2D eigenvalue weighted by molar-refractivity contribution is 5.71. The van der Waals surface area contributed by atoms with E-state index in [2.05, 4.69) is 106 Å². The molecule has 348 valence electrons. The summed E-state index contributed by atoms with van der Waals surface area (Å²) in [7, 11) is 0. The molecule has 0 aromatic carbocycles. The first kappa shape index (κ1) is 58.0. The van der Waals surface area contributed by atoms with E-state index in [1.165, 1.54) is 0 Å². The Bertz CT molecular complexity index is 1510. The lowest BCUT2D eigenvalue weighted by Gasteiger charge is -2.18. The Morgan fingerprint density at radius 1 is 0.333 bits per heavy atom. The van der Waals surface area contributed by atoms with Crippen LogP contribution in [0.25, 0.3) is 0 Å². The summed E-state index contributed by atoms with van der Waals surface area (Å²) in [6.45, 7) is 6.10. The maximum absolute atomic E-state index is 12.7. The van der Waals surface area contributed by atoms with E-state index in [4.69, 9.17) is 14.2 Å². The highest BCUT2D eigenvalue weighted by atomic mass is 16.6. The van der Waals surface area contributed by atoms with Crippen molar-refractivity contribution in [1.82, 2.24) is 0 Å². The molecule has 0 spiro atoms. The first-order chi connectivity index (χ1) is 31.0. The SMILES string of the molecule is CC\C=C/C=C\C=C/C=C\CCCCCC(=O)OCC(COC(=O)CCCCC/C=C\C/C=C\C/C=C\C/C=C\C/C=C\CC)OC(=O)CCCCC\C=C/C=C\C=C/C=C\CC. The van der Waals surface area contributed by atoms with E-state index in [-0.39, 0.29) is 44.0 Å². The van der Waals surface area contributed by atoms with E-state index in [0.29, 0.717) is 19.3 Å². The summed E-state index contributed by atoms with van der Waals surface area (Å²) >= 11 is 0. The van der Waals surface area contributed by atoms with Crippen molar-refractivity contribution in [3.05, 3.63) is 158 Å². The molecule has 0 saturated heterocycles. The lowest BCUT2D eigenvalue weighted by molar-refractivity contribution is -0.167. The van der Waals surface area contributed by atoms with Gasteiger partial charge in [0.25, 0.3) is 0 Å². The predicted octanol–water partition coefficient (Wildman–Crippen LogP) is 15.9. The lowest BCUT2D eigenvalue weighted by Crippen LogP contribution is -2.30. The Morgan fingerprint density at radius 2 is 0.651 bits per heavy atom. The Hall–Kier alpha value is -4.97. The minimum atomic E-state index is -0.835. The fourth-order valence-electron chi connectivity index (χ4n) is 5.66. The third-order valence-corrected chi connectivity index (χ3v) is 9.20. The van der Waals surface area contributed by atoms with Gasteiger partial charge in [-0.15, -0.1) is 0 Å². The molecule has 6 heteroatoms. The topological polar surface area (TPSA) is 78.9 Å². The number of hydrogen-bond donors (Lipinski definition) is 0. The Morgan fingerprint density at radius 3 is 1.05 bits per heavy atom. The summed E-state index contributed by atoms with van der Waals surface area (Å²) in [5.74, 6) is -1.06. The molecule has 0 bridgehead atoms. The summed E-state index contributed by atoms with van der Waals surface area (Å²) in [5.41, 5.74) is 0. The standard InChI is InChI=1S/C57H84O6/c1-4-7-10-13-16-19-22-25-26-27-28-29-30-33-35-38-41-44-47-50-56(59)62-53-54(63-57(60)51-48-45-42-39-36-32-24-21-18-15-12-9-6-3)52-61-55(58)49-46-43-40-37-34-31-23-20-17-14-11-8-5-2/h7-12,14-21,23-26,28-29,31-36,54H,4-6,13,22,27,30,37-53H2,1-3H3/b10-7-,11-8-,12-9-,17-14-,18-15-,19-16-,23-20-,24-21-,26-25-,29-28-,34-31-,35-33-,36-32-. The average Bonchev–Trinajstić information content (AvgIpc) is 3.28. The second kappa shape index (κ2) is 49.7. The van der Waals surface area contributed by atoms with Crippen LogP contribution >= 0.6 is 0 Å². The molecular weight excluding hydrogens is 781 g/mol. The van der Waals surface area contributed by atoms with Crippen LogP contribution in [0.5, 0.6) is 0 Å². The number of ether oxygens (including phenoxy) is 3. The highest BCUT2D eigenvalue weighted by Gasteiger charge is 2.19. The van der Waals surface area contributed by atoms with Gasteiger partial charge in [-0.05, 0) is 103 Å². The molecule has 0 saturated carbocycles. The quantitative estimate of drug-likeness (QED) is 0.0201. The number of rotatable bonds is 40. The number of allylic oxidation sites excluding steroid dienone is 26. The van der Waals surface area contributed by atoms with E-state index < -0.39 is 6.10 Å². The largest absolute Gasteiger partial charge is 0.462 e. The average molecular weight is 865 g/mol.